The van der Waals surface area contributed by atoms with E-state index in [9.17, 15) is 9.59 Å². The lowest BCUT2D eigenvalue weighted by Crippen LogP contribution is -2.42. The fraction of sp³-hybridized carbons (Fsp3) is 0.542. The minimum Gasteiger partial charge on any atom is -0.490 e. The van der Waals surface area contributed by atoms with Crippen LogP contribution in [0.15, 0.2) is 24.3 Å². The largest absolute Gasteiger partial charge is 0.490 e. The number of hydrogen-bond acceptors (Lipinski definition) is 4. The van der Waals surface area contributed by atoms with Crippen LogP contribution in [0.4, 0.5) is 0 Å². The van der Waals surface area contributed by atoms with Crippen LogP contribution in [-0.2, 0) is 11.8 Å². The molecule has 7 heteroatoms. The predicted octanol–water partition coefficient (Wildman–Crippen LogP) is 3.31. The summed E-state index contributed by atoms with van der Waals surface area (Å²) < 4.78 is 7.94. The summed E-state index contributed by atoms with van der Waals surface area (Å²) in [6.45, 7) is 7.49. The summed E-state index contributed by atoms with van der Waals surface area (Å²) in [4.78, 5) is 26.9. The van der Waals surface area contributed by atoms with Crippen LogP contribution < -0.4 is 10.1 Å². The Morgan fingerprint density at radius 1 is 1.10 bits per heavy atom. The first-order valence-corrected chi connectivity index (χ1v) is 11.2. The highest BCUT2D eigenvalue weighted by molar-refractivity contribution is 5.94. The highest BCUT2D eigenvalue weighted by atomic mass is 16.5. The van der Waals surface area contributed by atoms with Crippen molar-refractivity contribution < 1.29 is 14.3 Å². The number of carbonyl (C=O) groups excluding carboxylic acids is 2. The summed E-state index contributed by atoms with van der Waals surface area (Å²) in [5.74, 6) is 1.24. The molecule has 2 fully saturated rings. The van der Waals surface area contributed by atoms with E-state index in [4.69, 9.17) is 4.74 Å². The van der Waals surface area contributed by atoms with Crippen LogP contribution in [0.5, 0.6) is 5.75 Å². The summed E-state index contributed by atoms with van der Waals surface area (Å²) in [5, 5.41) is 7.50. The van der Waals surface area contributed by atoms with Crippen molar-refractivity contribution in [1.82, 2.24) is 20.0 Å². The second-order valence-corrected chi connectivity index (χ2v) is 8.84. The molecule has 1 atom stereocenters. The molecule has 1 saturated carbocycles. The fourth-order valence-electron chi connectivity index (χ4n) is 4.43. The molecule has 1 aromatic heterocycles. The van der Waals surface area contributed by atoms with Crippen LogP contribution in [-0.4, -0.2) is 45.7 Å². The van der Waals surface area contributed by atoms with E-state index in [1.54, 1.807) is 12.1 Å². The second kappa shape index (κ2) is 8.73. The quantitative estimate of drug-likeness (QED) is 0.772. The van der Waals surface area contributed by atoms with Gasteiger partial charge in [-0.05, 0) is 57.9 Å². The molecule has 1 aromatic carbocycles. The summed E-state index contributed by atoms with van der Waals surface area (Å²) in [7, 11) is 1.91. The molecule has 1 aliphatic carbocycles. The minimum absolute atomic E-state index is 0.111. The van der Waals surface area contributed by atoms with Gasteiger partial charge in [-0.2, -0.15) is 5.10 Å². The number of amides is 2. The number of benzene rings is 1. The number of hydrogen-bond donors (Lipinski definition) is 1. The van der Waals surface area contributed by atoms with Crippen LogP contribution >= 0.6 is 0 Å². The van der Waals surface area contributed by atoms with E-state index in [1.165, 1.54) is 0 Å². The van der Waals surface area contributed by atoms with Crippen LogP contribution in [0.1, 0.15) is 66.0 Å². The van der Waals surface area contributed by atoms with Gasteiger partial charge in [0.05, 0.1) is 11.7 Å². The third kappa shape index (κ3) is 4.75. The summed E-state index contributed by atoms with van der Waals surface area (Å²) in [5.41, 5.74) is 3.64. The summed E-state index contributed by atoms with van der Waals surface area (Å²) >= 11 is 0. The number of likely N-dealkylation sites (tertiary alicyclic amines) is 1. The van der Waals surface area contributed by atoms with Crippen LogP contribution in [0, 0.1) is 19.8 Å². The first kappa shape index (κ1) is 21.4. The van der Waals surface area contributed by atoms with Crippen LogP contribution in [0.3, 0.4) is 0 Å². The van der Waals surface area contributed by atoms with Crippen molar-refractivity contribution in [2.45, 2.75) is 58.6 Å². The number of piperidine rings is 1. The van der Waals surface area contributed by atoms with Gasteiger partial charge in [-0.15, -0.1) is 0 Å². The number of nitrogens with zero attached hydrogens (tertiary/aromatic N) is 3. The first-order chi connectivity index (χ1) is 14.8. The molecule has 1 saturated heterocycles. The van der Waals surface area contributed by atoms with E-state index in [-0.39, 0.29) is 24.0 Å². The molecule has 1 aliphatic heterocycles. The van der Waals surface area contributed by atoms with Crippen molar-refractivity contribution in [2.75, 3.05) is 13.1 Å². The van der Waals surface area contributed by atoms with Gasteiger partial charge in [-0.1, -0.05) is 0 Å². The molecule has 0 bridgehead atoms. The Morgan fingerprint density at radius 3 is 2.29 bits per heavy atom. The predicted molar refractivity (Wildman–Crippen MR) is 118 cm³/mol. The van der Waals surface area contributed by atoms with Gasteiger partial charge in [0.2, 0.25) is 5.91 Å². The highest BCUT2D eigenvalue weighted by Gasteiger charge is 2.35. The molecule has 31 heavy (non-hydrogen) atoms. The monoisotopic (exact) mass is 424 g/mol. The van der Waals surface area contributed by atoms with E-state index in [2.05, 4.69) is 10.4 Å². The minimum atomic E-state index is -0.124. The molecule has 4 rings (SSSR count). The Bertz CT molecular complexity index is 954. The van der Waals surface area contributed by atoms with Gasteiger partial charge in [0.15, 0.2) is 0 Å². The molecule has 0 radical (unpaired) electrons. The first-order valence-electron chi connectivity index (χ1n) is 11.2. The number of nitrogens with one attached hydrogen (secondary N) is 1. The number of rotatable bonds is 6. The molecular formula is C24H32N4O3. The maximum absolute atomic E-state index is 12.7. The van der Waals surface area contributed by atoms with Gasteiger partial charge < -0.3 is 15.0 Å². The third-order valence-electron chi connectivity index (χ3n) is 6.45. The number of carbonyl (C=O) groups is 2. The maximum atomic E-state index is 12.7. The van der Waals surface area contributed by atoms with Gasteiger partial charge in [0, 0.05) is 55.7 Å². The Morgan fingerprint density at radius 2 is 1.74 bits per heavy atom. The van der Waals surface area contributed by atoms with Crippen molar-refractivity contribution in [2.24, 2.45) is 13.0 Å². The molecule has 0 spiro atoms. The van der Waals surface area contributed by atoms with Crippen LogP contribution in [0.25, 0.3) is 0 Å². The smallest absolute Gasteiger partial charge is 0.251 e. The van der Waals surface area contributed by atoms with Crippen molar-refractivity contribution in [3.05, 3.63) is 46.8 Å². The SMILES string of the molecule is Cc1nn(C)c(C)c1[C@H](C)NC(=O)c1ccc(OC2CCN(C(=O)C3CC3)CC2)cc1. The van der Waals surface area contributed by atoms with Gasteiger partial charge in [-0.25, -0.2) is 0 Å². The Hall–Kier alpha value is -2.83. The average Bonchev–Trinajstić information content (AvgIpc) is 3.56. The zero-order chi connectivity index (χ0) is 22.1. The van der Waals surface area contributed by atoms with Crippen molar-refractivity contribution in [3.63, 3.8) is 0 Å². The molecule has 166 valence electrons. The Balaban J connectivity index is 1.29. The molecule has 2 aromatic rings. The molecule has 2 aliphatic rings. The van der Waals surface area contributed by atoms with Gasteiger partial charge in [-0.3, -0.25) is 14.3 Å². The standard InChI is InChI=1S/C24H32N4O3/c1-15(22-16(2)26-27(4)17(22)3)25-23(29)18-7-9-20(10-8-18)31-21-11-13-28(14-12-21)24(30)19-5-6-19/h7-10,15,19,21H,5-6,11-14H2,1-4H3,(H,25,29)/t15-/m0/s1. The van der Waals surface area contributed by atoms with Gasteiger partial charge >= 0.3 is 0 Å². The molecular weight excluding hydrogens is 392 g/mol. The number of aryl methyl sites for hydroxylation is 2. The zero-order valence-corrected chi connectivity index (χ0v) is 18.9. The lowest BCUT2D eigenvalue weighted by atomic mass is 10.1. The molecule has 7 nitrogen and oxygen atoms in total. The average molecular weight is 425 g/mol. The normalized spacial score (nSPS) is 18.0. The van der Waals surface area contributed by atoms with Crippen molar-refractivity contribution in [1.29, 1.82) is 0 Å². The van der Waals surface area contributed by atoms with Gasteiger partial charge in [0.1, 0.15) is 11.9 Å². The molecule has 2 heterocycles. The molecule has 2 amide bonds. The third-order valence-corrected chi connectivity index (χ3v) is 6.45. The van der Waals surface area contributed by atoms with E-state index in [0.29, 0.717) is 11.5 Å². The maximum Gasteiger partial charge on any atom is 0.251 e. The van der Waals surface area contributed by atoms with Crippen LogP contribution in [0.2, 0.25) is 0 Å². The highest BCUT2D eigenvalue weighted by Crippen LogP contribution is 2.32. The van der Waals surface area contributed by atoms with Gasteiger partial charge in [0.25, 0.3) is 5.91 Å². The molecule has 0 unspecified atom stereocenters. The van der Waals surface area contributed by atoms with Crippen molar-refractivity contribution in [3.8, 4) is 5.75 Å². The fourth-order valence-corrected chi connectivity index (χ4v) is 4.43. The molecule has 1 N–H and O–H groups in total. The lowest BCUT2D eigenvalue weighted by molar-refractivity contribution is -0.134. The summed E-state index contributed by atoms with van der Waals surface area (Å²) in [6.07, 6.45) is 3.91. The van der Waals surface area contributed by atoms with E-state index < -0.39 is 0 Å². The topological polar surface area (TPSA) is 76.5 Å². The zero-order valence-electron chi connectivity index (χ0n) is 18.9. The van der Waals surface area contributed by atoms with Crippen molar-refractivity contribution >= 4 is 11.8 Å². The lowest BCUT2D eigenvalue weighted by Gasteiger charge is -2.32. The Labute approximate surface area is 183 Å². The summed E-state index contributed by atoms with van der Waals surface area (Å²) in [6, 6.07) is 7.17. The number of ether oxygens (including phenoxy) is 1. The number of aromatic nitrogens is 2. The van der Waals surface area contributed by atoms with E-state index >= 15 is 0 Å². The second-order valence-electron chi connectivity index (χ2n) is 8.84. The van der Waals surface area contributed by atoms with E-state index in [1.807, 2.05) is 49.5 Å². The van der Waals surface area contributed by atoms with E-state index in [0.717, 1.165) is 61.5 Å². The Kier molecular flexibility index (Phi) is 6.03.